The van der Waals surface area contributed by atoms with Crippen LogP contribution in [0.5, 0.6) is 0 Å². The van der Waals surface area contributed by atoms with Gasteiger partial charge in [-0.1, -0.05) is 0 Å². The molecule has 0 aromatic rings. The van der Waals surface area contributed by atoms with E-state index < -0.39 is 24.1 Å². The molecule has 2 saturated heterocycles. The van der Waals surface area contributed by atoms with Crippen molar-refractivity contribution in [3.8, 4) is 0 Å². The Labute approximate surface area is 139 Å². The number of aliphatic hydroxyl groups excluding tert-OH is 2. The van der Waals surface area contributed by atoms with Gasteiger partial charge in [-0.15, -0.1) is 0 Å². The van der Waals surface area contributed by atoms with E-state index in [-0.39, 0.29) is 25.0 Å². The minimum absolute atomic E-state index is 0.127. The number of imide groups is 2. The summed E-state index contributed by atoms with van der Waals surface area (Å²) in [5.74, 6) is -0.532. The number of amides is 6. The molecule has 136 valence electrons. The highest BCUT2D eigenvalue weighted by molar-refractivity contribution is 6.04. The van der Waals surface area contributed by atoms with Gasteiger partial charge in [0.05, 0.1) is 0 Å². The largest absolute Gasteiger partial charge is 0.396 e. The van der Waals surface area contributed by atoms with Crippen molar-refractivity contribution in [2.45, 2.75) is 50.6 Å². The van der Waals surface area contributed by atoms with E-state index in [4.69, 9.17) is 10.2 Å². The van der Waals surface area contributed by atoms with Crippen LogP contribution in [-0.4, -0.2) is 59.4 Å². The van der Waals surface area contributed by atoms with Gasteiger partial charge in [0.1, 0.15) is 12.1 Å². The molecular weight excluding hydrogens is 320 g/mol. The summed E-state index contributed by atoms with van der Waals surface area (Å²) < 4.78 is 0. The maximum Gasteiger partial charge on any atom is 0.322 e. The monoisotopic (exact) mass is 344 g/mol. The van der Waals surface area contributed by atoms with Crippen molar-refractivity contribution >= 4 is 23.9 Å². The molecule has 0 radical (unpaired) electrons. The molecule has 2 rings (SSSR count). The predicted octanol–water partition coefficient (Wildman–Crippen LogP) is -1.29. The minimum Gasteiger partial charge on any atom is -0.396 e. The first-order chi connectivity index (χ1) is 11.5. The number of nitrogens with one attached hydrogen (secondary N) is 4. The van der Waals surface area contributed by atoms with Crippen LogP contribution >= 0.6 is 0 Å². The van der Waals surface area contributed by atoms with Crippen molar-refractivity contribution in [3.63, 3.8) is 0 Å². The third-order valence-corrected chi connectivity index (χ3v) is 3.52. The van der Waals surface area contributed by atoms with Gasteiger partial charge in [-0.2, -0.15) is 0 Å². The molecular formula is C14H24N4O6. The van der Waals surface area contributed by atoms with Gasteiger partial charge in [-0.3, -0.25) is 20.2 Å². The first-order valence-corrected chi connectivity index (χ1v) is 7.92. The molecule has 0 aromatic carbocycles. The fourth-order valence-corrected chi connectivity index (χ4v) is 2.24. The molecule has 2 fully saturated rings. The van der Waals surface area contributed by atoms with Crippen LogP contribution < -0.4 is 21.3 Å². The molecule has 2 unspecified atom stereocenters. The van der Waals surface area contributed by atoms with Crippen LogP contribution in [0.1, 0.15) is 38.5 Å². The summed E-state index contributed by atoms with van der Waals surface area (Å²) in [7, 11) is 0. The smallest absolute Gasteiger partial charge is 0.322 e. The fraction of sp³-hybridized carbons (Fsp3) is 0.714. The van der Waals surface area contributed by atoms with Crippen LogP contribution in [0, 0.1) is 0 Å². The van der Waals surface area contributed by atoms with E-state index in [1.54, 1.807) is 0 Å². The number of urea groups is 2. The maximum absolute atomic E-state index is 10.9. The molecule has 0 bridgehead atoms. The average molecular weight is 344 g/mol. The topological polar surface area (TPSA) is 157 Å². The van der Waals surface area contributed by atoms with Crippen LogP contribution in [-0.2, 0) is 9.59 Å². The minimum atomic E-state index is -0.422. The number of carbonyl (C=O) groups is 4. The van der Waals surface area contributed by atoms with E-state index in [9.17, 15) is 19.2 Å². The molecule has 0 aliphatic carbocycles. The molecule has 0 aromatic heterocycles. The van der Waals surface area contributed by atoms with Gasteiger partial charge in [-0.05, 0) is 38.5 Å². The standard InChI is InChI=1S/2C7H12N2O3/c2*10-4-2-1-3-5-6(11)9-7(12)8-5/h2*5,10H,1-4H2,(H2,8,9,11,12). The average Bonchev–Trinajstić information content (AvgIpc) is 3.01. The number of aliphatic hydroxyl groups is 2. The summed E-state index contributed by atoms with van der Waals surface area (Å²) in [4.78, 5) is 43.1. The van der Waals surface area contributed by atoms with E-state index >= 15 is 0 Å². The van der Waals surface area contributed by atoms with Gasteiger partial charge in [0.15, 0.2) is 0 Å². The lowest BCUT2D eigenvalue weighted by molar-refractivity contribution is -0.121. The van der Waals surface area contributed by atoms with E-state index in [0.717, 1.165) is 12.8 Å². The van der Waals surface area contributed by atoms with Crippen LogP contribution in [0.2, 0.25) is 0 Å². The highest BCUT2D eigenvalue weighted by atomic mass is 16.3. The van der Waals surface area contributed by atoms with Crippen LogP contribution in [0.4, 0.5) is 9.59 Å². The first kappa shape index (κ1) is 19.8. The molecule has 10 heteroatoms. The Hall–Kier alpha value is -2.20. The molecule has 2 atom stereocenters. The summed E-state index contributed by atoms with van der Waals surface area (Å²) in [5.41, 5.74) is 0. The first-order valence-electron chi connectivity index (χ1n) is 7.92. The third kappa shape index (κ3) is 6.92. The zero-order valence-corrected chi connectivity index (χ0v) is 13.3. The Bertz CT molecular complexity index is 428. The van der Waals surface area contributed by atoms with Crippen LogP contribution in [0.3, 0.4) is 0 Å². The van der Waals surface area contributed by atoms with Crippen LogP contribution in [0.25, 0.3) is 0 Å². The highest BCUT2D eigenvalue weighted by Gasteiger charge is 2.29. The fourth-order valence-electron chi connectivity index (χ4n) is 2.24. The van der Waals surface area contributed by atoms with Gasteiger partial charge < -0.3 is 20.8 Å². The van der Waals surface area contributed by atoms with Crippen molar-refractivity contribution in [2.75, 3.05) is 13.2 Å². The third-order valence-electron chi connectivity index (χ3n) is 3.52. The van der Waals surface area contributed by atoms with Gasteiger partial charge in [-0.25, -0.2) is 9.59 Å². The van der Waals surface area contributed by atoms with Gasteiger partial charge >= 0.3 is 12.1 Å². The quantitative estimate of drug-likeness (QED) is 0.238. The van der Waals surface area contributed by atoms with Crippen LogP contribution in [0.15, 0.2) is 0 Å². The number of hydrogen-bond acceptors (Lipinski definition) is 6. The Morgan fingerprint density at radius 1 is 0.667 bits per heavy atom. The van der Waals surface area contributed by atoms with Crippen molar-refractivity contribution in [3.05, 3.63) is 0 Å². The Kier molecular flexibility index (Phi) is 8.72. The zero-order chi connectivity index (χ0) is 17.9. The lowest BCUT2D eigenvalue weighted by Crippen LogP contribution is -2.28. The number of hydrogen-bond donors (Lipinski definition) is 6. The van der Waals surface area contributed by atoms with E-state index in [1.807, 2.05) is 0 Å². The van der Waals surface area contributed by atoms with Crippen molar-refractivity contribution in [2.24, 2.45) is 0 Å². The Balaban J connectivity index is 0.000000240. The molecule has 0 spiro atoms. The molecule has 6 N–H and O–H groups in total. The second-order valence-corrected chi connectivity index (χ2v) is 5.47. The van der Waals surface area contributed by atoms with Crippen molar-refractivity contribution in [1.29, 1.82) is 0 Å². The van der Waals surface area contributed by atoms with Crippen molar-refractivity contribution < 1.29 is 29.4 Å². The highest BCUT2D eigenvalue weighted by Crippen LogP contribution is 2.04. The Morgan fingerprint density at radius 3 is 1.29 bits per heavy atom. The summed E-state index contributed by atoms with van der Waals surface area (Å²) in [6.07, 6.45) is 4.01. The molecule has 10 nitrogen and oxygen atoms in total. The van der Waals surface area contributed by atoms with E-state index in [0.29, 0.717) is 25.7 Å². The summed E-state index contributed by atoms with van der Waals surface area (Å²) in [5, 5.41) is 26.2. The van der Waals surface area contributed by atoms with E-state index in [2.05, 4.69) is 21.3 Å². The molecule has 24 heavy (non-hydrogen) atoms. The van der Waals surface area contributed by atoms with Crippen molar-refractivity contribution in [1.82, 2.24) is 21.3 Å². The lowest BCUT2D eigenvalue weighted by atomic mass is 10.1. The molecule has 2 aliphatic rings. The van der Waals surface area contributed by atoms with Gasteiger partial charge in [0.25, 0.3) is 11.8 Å². The lowest BCUT2D eigenvalue weighted by Gasteiger charge is -2.04. The maximum atomic E-state index is 10.9. The SMILES string of the molecule is O=C1NC(=O)C(CCCCO)N1.O=C1NC(=O)C(CCCCO)N1. The molecule has 0 saturated carbocycles. The summed E-state index contributed by atoms with van der Waals surface area (Å²) in [6.45, 7) is 0.255. The molecule has 6 amide bonds. The Morgan fingerprint density at radius 2 is 1.04 bits per heavy atom. The van der Waals surface area contributed by atoms with Gasteiger partial charge in [0, 0.05) is 13.2 Å². The second kappa shape index (κ2) is 10.6. The summed E-state index contributed by atoms with van der Waals surface area (Å²) in [6, 6.07) is -1.64. The molecule has 2 heterocycles. The molecule has 2 aliphatic heterocycles. The normalized spacial score (nSPS) is 22.2. The van der Waals surface area contributed by atoms with Gasteiger partial charge in [0.2, 0.25) is 0 Å². The number of carbonyl (C=O) groups excluding carboxylic acids is 4. The second-order valence-electron chi connectivity index (χ2n) is 5.47. The zero-order valence-electron chi connectivity index (χ0n) is 13.3. The number of unbranched alkanes of at least 4 members (excludes halogenated alkanes) is 2. The number of rotatable bonds is 8. The summed E-state index contributed by atoms with van der Waals surface area (Å²) >= 11 is 0. The van der Waals surface area contributed by atoms with E-state index in [1.165, 1.54) is 0 Å². The predicted molar refractivity (Wildman–Crippen MR) is 82.8 cm³/mol.